The van der Waals surface area contributed by atoms with Crippen molar-refractivity contribution in [3.8, 4) is 0 Å². The van der Waals surface area contributed by atoms with E-state index in [9.17, 15) is 4.79 Å². The molecular weight excluding hydrogens is 180 g/mol. The summed E-state index contributed by atoms with van der Waals surface area (Å²) in [7, 11) is 0. The van der Waals surface area contributed by atoms with Gasteiger partial charge in [-0.2, -0.15) is 0 Å². The third-order valence-corrected chi connectivity index (χ3v) is 2.94. The van der Waals surface area contributed by atoms with E-state index in [0.717, 1.165) is 6.42 Å². The normalized spacial score (nSPS) is 26.9. The minimum atomic E-state index is -0.236. The van der Waals surface area contributed by atoms with Crippen LogP contribution >= 0.6 is 0 Å². The van der Waals surface area contributed by atoms with Gasteiger partial charge in [-0.05, 0) is 20.3 Å². The molecule has 1 aliphatic carbocycles. The maximum Gasteiger partial charge on any atom is 0.302 e. The molecule has 0 bridgehead atoms. The van der Waals surface area contributed by atoms with Crippen LogP contribution in [0.2, 0.25) is 0 Å². The van der Waals surface area contributed by atoms with Gasteiger partial charge in [-0.1, -0.05) is 11.1 Å². The van der Waals surface area contributed by atoms with Gasteiger partial charge >= 0.3 is 5.97 Å². The molecule has 0 spiro atoms. The molecule has 0 saturated heterocycles. The second-order valence-corrected chi connectivity index (χ2v) is 3.93. The summed E-state index contributed by atoms with van der Waals surface area (Å²) in [5.41, 5.74) is 2.56. The fourth-order valence-corrected chi connectivity index (χ4v) is 2.08. The number of esters is 1. The third-order valence-electron chi connectivity index (χ3n) is 2.94. The predicted octanol–water partition coefficient (Wildman–Crippen LogP) is 1.66. The first-order valence-corrected chi connectivity index (χ1v) is 5.00. The molecule has 1 N–H and O–H groups in total. The standard InChI is InChI=1S/C11H18O3/c1-7-6-11(14-9(3)13)10(4-5-12)8(7)2/h10-12H,4-6H2,1-3H3. The molecule has 2 unspecified atom stereocenters. The van der Waals surface area contributed by atoms with Gasteiger partial charge in [-0.3, -0.25) is 4.79 Å². The summed E-state index contributed by atoms with van der Waals surface area (Å²) in [6.07, 6.45) is 1.44. The lowest BCUT2D eigenvalue weighted by atomic mass is 9.97. The van der Waals surface area contributed by atoms with Gasteiger partial charge in [0, 0.05) is 25.9 Å². The van der Waals surface area contributed by atoms with Crippen molar-refractivity contribution in [3.63, 3.8) is 0 Å². The van der Waals surface area contributed by atoms with Crippen LogP contribution in [-0.4, -0.2) is 23.8 Å². The molecule has 3 heteroatoms. The van der Waals surface area contributed by atoms with E-state index >= 15 is 0 Å². The van der Waals surface area contributed by atoms with Crippen LogP contribution in [0, 0.1) is 5.92 Å². The Labute approximate surface area is 84.8 Å². The van der Waals surface area contributed by atoms with E-state index in [2.05, 4.69) is 13.8 Å². The van der Waals surface area contributed by atoms with Crippen molar-refractivity contribution < 1.29 is 14.6 Å². The number of ether oxygens (including phenoxy) is 1. The van der Waals surface area contributed by atoms with Crippen LogP contribution in [0.25, 0.3) is 0 Å². The summed E-state index contributed by atoms with van der Waals surface area (Å²) in [6, 6.07) is 0. The second kappa shape index (κ2) is 4.60. The van der Waals surface area contributed by atoms with Crippen LogP contribution in [0.4, 0.5) is 0 Å². The van der Waals surface area contributed by atoms with Crippen LogP contribution < -0.4 is 0 Å². The van der Waals surface area contributed by atoms with Gasteiger partial charge in [0.25, 0.3) is 0 Å². The van der Waals surface area contributed by atoms with Gasteiger partial charge in [-0.15, -0.1) is 0 Å². The summed E-state index contributed by atoms with van der Waals surface area (Å²) in [6.45, 7) is 5.69. The Balaban J connectivity index is 2.66. The molecule has 0 saturated carbocycles. The molecule has 3 nitrogen and oxygen atoms in total. The Hall–Kier alpha value is -0.830. The van der Waals surface area contributed by atoms with Crippen LogP contribution in [0.15, 0.2) is 11.1 Å². The average Bonchev–Trinajstić information content (AvgIpc) is 2.32. The van der Waals surface area contributed by atoms with Gasteiger partial charge in [-0.25, -0.2) is 0 Å². The molecule has 1 aliphatic rings. The molecule has 0 amide bonds. The van der Waals surface area contributed by atoms with Gasteiger partial charge < -0.3 is 9.84 Å². The molecule has 0 radical (unpaired) electrons. The summed E-state index contributed by atoms with van der Waals surface area (Å²) in [4.78, 5) is 10.9. The highest BCUT2D eigenvalue weighted by Crippen LogP contribution is 2.35. The Morgan fingerprint density at radius 3 is 2.71 bits per heavy atom. The summed E-state index contributed by atoms with van der Waals surface area (Å²) >= 11 is 0. The number of aliphatic hydroxyl groups excluding tert-OH is 1. The van der Waals surface area contributed by atoms with Crippen LogP contribution in [-0.2, 0) is 9.53 Å². The SMILES string of the molecule is CC(=O)OC1CC(C)=C(C)C1CCO. The number of aliphatic hydroxyl groups is 1. The van der Waals surface area contributed by atoms with Gasteiger partial charge in [0.1, 0.15) is 6.10 Å². The largest absolute Gasteiger partial charge is 0.462 e. The van der Waals surface area contributed by atoms with Gasteiger partial charge in [0.2, 0.25) is 0 Å². The Kier molecular flexibility index (Phi) is 3.69. The fraction of sp³-hybridized carbons (Fsp3) is 0.727. The number of hydrogen-bond donors (Lipinski definition) is 1. The second-order valence-electron chi connectivity index (χ2n) is 3.93. The van der Waals surface area contributed by atoms with Crippen LogP contribution in [0.5, 0.6) is 0 Å². The maximum absolute atomic E-state index is 10.9. The molecule has 14 heavy (non-hydrogen) atoms. The van der Waals surface area contributed by atoms with Crippen molar-refractivity contribution in [2.24, 2.45) is 5.92 Å². The van der Waals surface area contributed by atoms with E-state index in [1.165, 1.54) is 18.1 Å². The summed E-state index contributed by atoms with van der Waals surface area (Å²) in [5, 5.41) is 8.92. The zero-order valence-corrected chi connectivity index (χ0v) is 9.04. The third kappa shape index (κ3) is 2.35. The minimum absolute atomic E-state index is 0.0559. The van der Waals surface area contributed by atoms with E-state index in [1.807, 2.05) is 0 Å². The lowest BCUT2D eigenvalue weighted by Crippen LogP contribution is -2.23. The van der Waals surface area contributed by atoms with Crippen molar-refractivity contribution in [1.82, 2.24) is 0 Å². The quantitative estimate of drug-likeness (QED) is 0.554. The Bertz CT molecular complexity index is 255. The fourth-order valence-electron chi connectivity index (χ4n) is 2.08. The van der Waals surface area contributed by atoms with E-state index in [1.54, 1.807) is 0 Å². The van der Waals surface area contributed by atoms with Crippen molar-refractivity contribution in [2.75, 3.05) is 6.61 Å². The molecule has 0 fully saturated rings. The van der Waals surface area contributed by atoms with Crippen molar-refractivity contribution in [2.45, 2.75) is 39.7 Å². The number of carbonyl (C=O) groups is 1. The highest BCUT2D eigenvalue weighted by atomic mass is 16.5. The monoisotopic (exact) mass is 198 g/mol. The van der Waals surface area contributed by atoms with Gasteiger partial charge in [0.05, 0.1) is 0 Å². The molecule has 2 atom stereocenters. The van der Waals surface area contributed by atoms with Crippen molar-refractivity contribution >= 4 is 5.97 Å². The molecule has 0 aromatic heterocycles. The maximum atomic E-state index is 10.9. The zero-order valence-electron chi connectivity index (χ0n) is 9.04. The Morgan fingerprint density at radius 2 is 2.21 bits per heavy atom. The lowest BCUT2D eigenvalue weighted by molar-refractivity contribution is -0.147. The first kappa shape index (κ1) is 11.2. The van der Waals surface area contributed by atoms with E-state index in [4.69, 9.17) is 9.84 Å². The molecule has 0 heterocycles. The Morgan fingerprint density at radius 1 is 1.57 bits per heavy atom. The molecule has 0 aromatic carbocycles. The minimum Gasteiger partial charge on any atom is -0.462 e. The summed E-state index contributed by atoms with van der Waals surface area (Å²) in [5.74, 6) is -0.0238. The molecule has 0 aliphatic heterocycles. The number of carbonyl (C=O) groups excluding carboxylic acids is 1. The highest BCUT2D eigenvalue weighted by Gasteiger charge is 2.32. The van der Waals surface area contributed by atoms with Gasteiger partial charge in [0.15, 0.2) is 0 Å². The number of hydrogen-bond acceptors (Lipinski definition) is 3. The molecule has 1 rings (SSSR count). The van der Waals surface area contributed by atoms with Crippen molar-refractivity contribution in [3.05, 3.63) is 11.1 Å². The van der Waals surface area contributed by atoms with Crippen molar-refractivity contribution in [1.29, 1.82) is 0 Å². The zero-order chi connectivity index (χ0) is 10.7. The topological polar surface area (TPSA) is 46.5 Å². The van der Waals surface area contributed by atoms with E-state index in [-0.39, 0.29) is 24.6 Å². The molecule has 0 aromatic rings. The summed E-state index contributed by atoms with van der Waals surface area (Å²) < 4.78 is 5.23. The lowest BCUT2D eigenvalue weighted by Gasteiger charge is -2.20. The highest BCUT2D eigenvalue weighted by molar-refractivity contribution is 5.66. The smallest absolute Gasteiger partial charge is 0.302 e. The van der Waals surface area contributed by atoms with E-state index in [0.29, 0.717) is 6.42 Å². The first-order valence-electron chi connectivity index (χ1n) is 5.00. The van der Waals surface area contributed by atoms with Crippen LogP contribution in [0.3, 0.4) is 0 Å². The van der Waals surface area contributed by atoms with Crippen LogP contribution in [0.1, 0.15) is 33.6 Å². The average molecular weight is 198 g/mol. The first-order chi connectivity index (χ1) is 6.56. The predicted molar refractivity (Wildman–Crippen MR) is 53.7 cm³/mol. The molecule has 80 valence electrons. The molecular formula is C11H18O3. The van der Waals surface area contributed by atoms with E-state index < -0.39 is 0 Å². The number of rotatable bonds is 3.